The maximum absolute atomic E-state index is 14.5. The molecule has 0 aromatic heterocycles. The van der Waals surface area contributed by atoms with Crippen molar-refractivity contribution in [2.24, 2.45) is 15.9 Å². The van der Waals surface area contributed by atoms with Crippen LogP contribution in [0.1, 0.15) is 56.5 Å². The van der Waals surface area contributed by atoms with Crippen LogP contribution in [0.15, 0.2) is 75.8 Å². The summed E-state index contributed by atoms with van der Waals surface area (Å²) in [6.07, 6.45) is 8.29. The molecule has 1 heterocycles. The number of aryl methyl sites for hydroxylation is 1. The summed E-state index contributed by atoms with van der Waals surface area (Å²) in [6.45, 7) is 10.3. The Morgan fingerprint density at radius 1 is 1.17 bits per heavy atom. The second kappa shape index (κ2) is 15.2. The van der Waals surface area contributed by atoms with Gasteiger partial charge in [-0.2, -0.15) is 0 Å². The molecule has 1 aromatic rings. The summed E-state index contributed by atoms with van der Waals surface area (Å²) in [4.78, 5) is 33.7. The average molecular weight is 567 g/mol. The van der Waals surface area contributed by atoms with Gasteiger partial charge in [-0.1, -0.05) is 25.2 Å². The Morgan fingerprint density at radius 3 is 2.61 bits per heavy atom. The molecule has 2 aliphatic rings. The van der Waals surface area contributed by atoms with Gasteiger partial charge in [0.15, 0.2) is 12.0 Å². The number of benzene rings is 1. The molecule has 4 N–H and O–H groups in total. The number of hydrogen-bond donors (Lipinski definition) is 4. The molecule has 1 aliphatic carbocycles. The molecular formula is C31H40F2N6O2. The molecule has 220 valence electrons. The van der Waals surface area contributed by atoms with Crippen molar-refractivity contribution in [2.75, 3.05) is 25.0 Å². The smallest absolute Gasteiger partial charge is 0.251 e. The number of carbonyl (C=O) groups excluding carboxylic acids is 2. The lowest BCUT2D eigenvalue weighted by atomic mass is 9.92. The van der Waals surface area contributed by atoms with Gasteiger partial charge in [-0.25, -0.2) is 13.8 Å². The predicted octanol–water partition coefficient (Wildman–Crippen LogP) is 5.07. The molecule has 1 fully saturated rings. The number of allylic oxidation sites excluding steroid dienone is 6. The summed E-state index contributed by atoms with van der Waals surface area (Å²) >= 11 is 0. The zero-order chi connectivity index (χ0) is 29.9. The summed E-state index contributed by atoms with van der Waals surface area (Å²) in [7, 11) is 0. The van der Waals surface area contributed by atoms with Crippen molar-refractivity contribution in [3.63, 3.8) is 0 Å². The number of halogens is 2. The lowest BCUT2D eigenvalue weighted by molar-refractivity contribution is -0.122. The highest BCUT2D eigenvalue weighted by Crippen LogP contribution is 2.31. The topological polar surface area (TPSA) is 107 Å². The van der Waals surface area contributed by atoms with E-state index in [9.17, 15) is 18.4 Å². The third kappa shape index (κ3) is 8.78. The molecule has 3 atom stereocenters. The molecule has 8 nitrogen and oxygen atoms in total. The summed E-state index contributed by atoms with van der Waals surface area (Å²) in [5, 5.41) is 12.1. The molecule has 41 heavy (non-hydrogen) atoms. The van der Waals surface area contributed by atoms with Gasteiger partial charge in [-0.3, -0.25) is 14.6 Å². The monoisotopic (exact) mass is 566 g/mol. The van der Waals surface area contributed by atoms with E-state index in [1.807, 2.05) is 19.9 Å². The fourth-order valence-corrected chi connectivity index (χ4v) is 4.44. The Bertz CT molecular complexity index is 1310. The molecule has 2 amide bonds. The minimum absolute atomic E-state index is 0.0404. The van der Waals surface area contributed by atoms with E-state index >= 15 is 0 Å². The molecule has 0 radical (unpaired) electrons. The van der Waals surface area contributed by atoms with Crippen LogP contribution in [0.2, 0.25) is 0 Å². The number of hydrogen-bond acceptors (Lipinski definition) is 5. The standard InChI is InChI=1S/C31H40F2N6O2/c1-6-13-35-29(22(5)38-18-21(4)24-11-9-19(2)27(32)28(24)33)39-23-10-12-25(20(3)17-23)30(40)36-15-16-37-31(41)26-8-7-14-34-26/h6,9-13,17-19,26-27,34H,7-8,14-16H2,1-5H3,(H,35,39)(H,36,40)(H,37,41)/b13-6-,21-18+,38-22+. The van der Waals surface area contributed by atoms with Gasteiger partial charge in [0.2, 0.25) is 5.91 Å². The lowest BCUT2D eigenvalue weighted by Gasteiger charge is -2.19. The second-order valence-corrected chi connectivity index (χ2v) is 10.2. The predicted molar refractivity (Wildman–Crippen MR) is 162 cm³/mol. The summed E-state index contributed by atoms with van der Waals surface area (Å²) in [5.41, 5.74) is 3.20. The Labute approximate surface area is 240 Å². The molecule has 1 aromatic carbocycles. The van der Waals surface area contributed by atoms with Crippen LogP contribution < -0.4 is 21.3 Å². The molecular weight excluding hydrogens is 526 g/mol. The van der Waals surface area contributed by atoms with Crippen molar-refractivity contribution < 1.29 is 18.4 Å². The van der Waals surface area contributed by atoms with Crippen LogP contribution in [-0.2, 0) is 4.79 Å². The van der Waals surface area contributed by atoms with Crippen molar-refractivity contribution in [1.82, 2.24) is 16.0 Å². The number of nitrogens with zero attached hydrogens (tertiary/aromatic N) is 2. The lowest BCUT2D eigenvalue weighted by Crippen LogP contribution is -2.43. The van der Waals surface area contributed by atoms with Crippen molar-refractivity contribution in [3.05, 3.63) is 76.9 Å². The Morgan fingerprint density at radius 2 is 1.93 bits per heavy atom. The normalized spacial score (nSPS) is 21.9. The maximum atomic E-state index is 14.5. The molecule has 0 spiro atoms. The van der Waals surface area contributed by atoms with Gasteiger partial charge in [-0.05, 0) is 76.4 Å². The number of amides is 2. The molecule has 10 heteroatoms. The van der Waals surface area contributed by atoms with Gasteiger partial charge in [0, 0.05) is 48.2 Å². The Hall–Kier alpha value is -3.92. The van der Waals surface area contributed by atoms with E-state index in [1.54, 1.807) is 57.3 Å². The quantitative estimate of drug-likeness (QED) is 0.180. The third-order valence-corrected chi connectivity index (χ3v) is 6.92. The van der Waals surface area contributed by atoms with Gasteiger partial charge in [0.1, 0.15) is 5.83 Å². The van der Waals surface area contributed by atoms with E-state index in [1.165, 1.54) is 6.20 Å². The van der Waals surface area contributed by atoms with Gasteiger partial charge in [0.25, 0.3) is 5.91 Å². The fraction of sp³-hybridized carbons (Fsp3) is 0.419. The number of aliphatic imine (C=N–C) groups is 2. The molecule has 1 aliphatic heterocycles. The van der Waals surface area contributed by atoms with Crippen LogP contribution in [0, 0.1) is 12.8 Å². The number of carbonyl (C=O) groups is 2. The highest BCUT2D eigenvalue weighted by atomic mass is 19.2. The van der Waals surface area contributed by atoms with E-state index < -0.39 is 17.9 Å². The second-order valence-electron chi connectivity index (χ2n) is 10.2. The molecule has 1 saturated heterocycles. The van der Waals surface area contributed by atoms with E-state index in [4.69, 9.17) is 0 Å². The van der Waals surface area contributed by atoms with Gasteiger partial charge in [-0.15, -0.1) is 0 Å². The van der Waals surface area contributed by atoms with Gasteiger partial charge >= 0.3 is 0 Å². The zero-order valence-electron chi connectivity index (χ0n) is 24.4. The van der Waals surface area contributed by atoms with Crippen LogP contribution in [0.3, 0.4) is 0 Å². The largest absolute Gasteiger partial charge is 0.353 e. The zero-order valence-corrected chi connectivity index (χ0v) is 24.4. The van der Waals surface area contributed by atoms with E-state index in [0.29, 0.717) is 41.5 Å². The Balaban J connectivity index is 1.64. The molecule has 3 rings (SSSR count). The maximum Gasteiger partial charge on any atom is 0.251 e. The summed E-state index contributed by atoms with van der Waals surface area (Å²) < 4.78 is 28.6. The van der Waals surface area contributed by atoms with Crippen LogP contribution in [0.4, 0.5) is 14.5 Å². The average Bonchev–Trinajstić information content (AvgIpc) is 3.50. The first-order valence-corrected chi connectivity index (χ1v) is 13.9. The molecule has 3 unspecified atom stereocenters. The van der Waals surface area contributed by atoms with E-state index in [-0.39, 0.29) is 23.4 Å². The number of alkyl halides is 1. The van der Waals surface area contributed by atoms with E-state index in [2.05, 4.69) is 31.3 Å². The molecule has 0 saturated carbocycles. The summed E-state index contributed by atoms with van der Waals surface area (Å²) in [5.74, 6) is -1.10. The van der Waals surface area contributed by atoms with Crippen LogP contribution in [-0.4, -0.2) is 55.2 Å². The Kier molecular flexibility index (Phi) is 11.7. The fourth-order valence-electron chi connectivity index (χ4n) is 4.44. The highest BCUT2D eigenvalue weighted by molar-refractivity contribution is 6.45. The van der Waals surface area contributed by atoms with Gasteiger partial charge < -0.3 is 21.3 Å². The number of anilines is 1. The highest BCUT2D eigenvalue weighted by Gasteiger charge is 2.26. The van der Waals surface area contributed by atoms with Crippen molar-refractivity contribution in [1.29, 1.82) is 0 Å². The third-order valence-electron chi connectivity index (χ3n) is 6.92. The first-order valence-electron chi connectivity index (χ1n) is 13.9. The van der Waals surface area contributed by atoms with Crippen LogP contribution >= 0.6 is 0 Å². The minimum Gasteiger partial charge on any atom is -0.353 e. The summed E-state index contributed by atoms with van der Waals surface area (Å²) in [6, 6.07) is 5.17. The first kappa shape index (κ1) is 31.6. The first-order chi connectivity index (χ1) is 19.6. The SMILES string of the molecule is C\C=C/N=C(Nc1ccc(C(=O)NCCNC(=O)C2CCCN2)c(C)c1)\C(C)=N\C=C(/C)C1=C(F)C(F)C(C)C=C1. The van der Waals surface area contributed by atoms with Crippen molar-refractivity contribution >= 4 is 29.0 Å². The number of amidine groups is 1. The van der Waals surface area contributed by atoms with Crippen molar-refractivity contribution in [2.45, 2.75) is 59.7 Å². The van der Waals surface area contributed by atoms with Gasteiger partial charge in [0.05, 0.1) is 11.8 Å². The van der Waals surface area contributed by atoms with E-state index in [0.717, 1.165) is 24.9 Å². The van der Waals surface area contributed by atoms with Crippen LogP contribution in [0.25, 0.3) is 0 Å². The minimum atomic E-state index is -1.66. The number of nitrogens with one attached hydrogen (secondary N) is 4. The molecule has 0 bridgehead atoms. The van der Waals surface area contributed by atoms with Crippen LogP contribution in [0.5, 0.6) is 0 Å². The van der Waals surface area contributed by atoms with Crippen molar-refractivity contribution in [3.8, 4) is 0 Å². The number of rotatable bonds is 10.